The number of aliphatic carboxylic acids is 2. The van der Waals surface area contributed by atoms with Crippen LogP contribution in [0.1, 0.15) is 215 Å². The molecule has 3 aromatic rings. The lowest BCUT2D eigenvalue weighted by Crippen LogP contribution is -2.89. The maximum absolute atomic E-state index is 11.0. The number of nitrogens with two attached hydrogens (primary N) is 1. The zero-order valence-corrected chi connectivity index (χ0v) is 70.8. The van der Waals surface area contributed by atoms with Gasteiger partial charge in [-0.25, -0.2) is 0 Å². The van der Waals surface area contributed by atoms with E-state index in [1.807, 2.05) is 0 Å². The number of quaternary nitrogens is 2. The molecule has 9 aliphatic heterocycles. The lowest BCUT2D eigenvalue weighted by molar-refractivity contribution is -0.707. The Bertz CT molecular complexity index is 3300. The van der Waals surface area contributed by atoms with Crippen molar-refractivity contribution in [2.24, 2.45) is 0 Å². The molecule has 6 aliphatic carbocycles. The SMILES string of the molecule is C1COC2(CCC3(CC2)CO3)O1.O=C([O-])[C@@H](O)c1ccccc1.O=C([O-])[C@@H](O)c1ccccc1.O=C1CCC(O)(CO[C@H]2CCOC2)CC1.O=C1CCC2(CC1)OCCO2.OC1(CO[C@H]2CCOC2)CCC([NH2+]Cc2ccccc2)CC1.OC1(CO[C@H]2CCOC2)CCC2(CC1)OCCO2.O[C@H]1CCOC1.[NH3+]C1CCC(O)(CO[C@H]2CCOC2)CC1. The van der Waals surface area contributed by atoms with Gasteiger partial charge in [0.1, 0.15) is 30.3 Å². The lowest BCUT2D eigenvalue weighted by atomic mass is 9.82. The van der Waals surface area contributed by atoms with E-state index in [0.717, 1.165) is 194 Å². The molecule has 15 fully saturated rings. The van der Waals surface area contributed by atoms with Gasteiger partial charge < -0.3 is 142 Å². The van der Waals surface area contributed by atoms with Crippen LogP contribution in [0.5, 0.6) is 0 Å². The lowest BCUT2D eigenvalue weighted by Gasteiger charge is -2.40. The van der Waals surface area contributed by atoms with Gasteiger partial charge in [-0.1, -0.05) is 91.0 Å². The first-order valence-electron chi connectivity index (χ1n) is 44.3. The molecule has 18 rings (SSSR count). The molecule has 7 atom stereocenters. The van der Waals surface area contributed by atoms with Gasteiger partial charge in [0.25, 0.3) is 0 Å². The fourth-order valence-electron chi connectivity index (χ4n) is 16.7. The van der Waals surface area contributed by atoms with Gasteiger partial charge in [-0.05, 0) is 107 Å². The standard InChI is InChI=1S/C18H27NO3.C13H22O5.C11H21NO3.C11H18O4.C9H14O3.C8H12O3.2C8H8O3.C4H8O2/c20-18(14-22-17-8-11-21-13-17)9-6-16(7-10-18)19-12-15-4-2-1-3-5-15;14-12(10-16-11-1-6-15-9-11)2-4-13(5-3-12)17-7-8-18-13;2*12-9-1-4-11(13,5-2-9)8-15-10-3-6-14-7-10;1-3-9(10-5-6-11-9)4-2-8(1)7-12-8;9-7-1-3-8(4-2-7)10-5-6-11-8;2*9-7(8(10)11)6-4-2-1-3-5-6;5-4-1-2-6-3-4/h1-5,16-17,19-20H,6-14H2;11,14H,1-10H2;9-10,13H,1-8,12H2;10,13H,1-8H2;1-7H2;1-6H2;2*1-5,7,9H,(H,10,11);4-5H,1-3H2/t16?,17-,18?;11-;9?,10-,11?;10-;;;2*7-;4-/m0000..000/s1. The van der Waals surface area contributed by atoms with E-state index in [0.29, 0.717) is 166 Å². The number of aliphatic hydroxyl groups is 7. The monoisotopic (exact) mass is 1710 g/mol. The Morgan fingerprint density at radius 1 is 0.397 bits per heavy atom. The zero-order chi connectivity index (χ0) is 85.9. The molecule has 3 aromatic carbocycles. The normalized spacial score (nSPS) is 31.0. The first kappa shape index (κ1) is 98.1. The highest BCUT2D eigenvalue weighted by Gasteiger charge is 2.54. The van der Waals surface area contributed by atoms with Gasteiger partial charge in [0.15, 0.2) is 17.4 Å². The van der Waals surface area contributed by atoms with Crippen LogP contribution in [0.25, 0.3) is 0 Å². The Morgan fingerprint density at radius 3 is 1.03 bits per heavy atom. The summed E-state index contributed by atoms with van der Waals surface area (Å²) in [6.45, 7) is 15.0. The summed E-state index contributed by atoms with van der Waals surface area (Å²) >= 11 is 0. The minimum Gasteiger partial charge on any atom is -0.547 e. The van der Waals surface area contributed by atoms with Gasteiger partial charge in [0.2, 0.25) is 0 Å². The number of benzene rings is 3. The summed E-state index contributed by atoms with van der Waals surface area (Å²) in [6.07, 6.45) is 21.5. The number of hydrogen-bond acceptors (Lipinski definition) is 29. The number of aliphatic hydroxyl groups excluding tert-OH is 3. The highest BCUT2D eigenvalue weighted by molar-refractivity contribution is 5.79. The molecular formula is C90H138N2O29. The number of Topliss-reactive ketones (excluding diaryl/α,β-unsaturated/α-hetero) is 2. The van der Waals surface area contributed by atoms with Gasteiger partial charge in [-0.2, -0.15) is 0 Å². The zero-order valence-electron chi connectivity index (χ0n) is 70.8. The molecular weight excluding hydrogens is 1570 g/mol. The van der Waals surface area contributed by atoms with Crippen LogP contribution < -0.4 is 21.3 Å². The van der Waals surface area contributed by atoms with Crippen molar-refractivity contribution in [2.75, 3.05) is 139 Å². The number of carbonyl (C=O) groups is 4. The van der Waals surface area contributed by atoms with E-state index in [4.69, 9.17) is 91.1 Å². The van der Waals surface area contributed by atoms with E-state index in [9.17, 15) is 49.8 Å². The summed E-state index contributed by atoms with van der Waals surface area (Å²) in [5.41, 5.74) is 3.60. The number of carboxylic acids is 2. The van der Waals surface area contributed by atoms with Crippen molar-refractivity contribution in [1.82, 2.24) is 0 Å². The summed E-state index contributed by atoms with van der Waals surface area (Å²) in [7, 11) is 0. The average molecular weight is 1710 g/mol. The van der Waals surface area contributed by atoms with E-state index in [-0.39, 0.29) is 53.5 Å². The van der Waals surface area contributed by atoms with E-state index < -0.39 is 52.3 Å². The van der Waals surface area contributed by atoms with Crippen molar-refractivity contribution in [3.05, 3.63) is 108 Å². The summed E-state index contributed by atoms with van der Waals surface area (Å²) in [4.78, 5) is 42.2. The summed E-state index contributed by atoms with van der Waals surface area (Å²) in [5, 5.41) is 90.7. The molecule has 0 amide bonds. The number of rotatable bonds is 19. The quantitative estimate of drug-likeness (QED) is 0.0779. The fourth-order valence-corrected chi connectivity index (χ4v) is 16.7. The number of carbonyl (C=O) groups excluding carboxylic acids is 4. The van der Waals surface area contributed by atoms with Crippen molar-refractivity contribution in [1.29, 1.82) is 0 Å². The second-order valence-electron chi connectivity index (χ2n) is 34.9. The van der Waals surface area contributed by atoms with Crippen LogP contribution in [-0.4, -0.2) is 286 Å². The molecule has 15 aliphatic rings. The van der Waals surface area contributed by atoms with Crippen LogP contribution in [0, 0.1) is 0 Å². The Balaban J connectivity index is 0.000000145. The Morgan fingerprint density at radius 2 is 0.711 bits per heavy atom. The maximum atomic E-state index is 11.0. The van der Waals surface area contributed by atoms with Crippen LogP contribution in [0.3, 0.4) is 0 Å². The van der Waals surface area contributed by atoms with Crippen LogP contribution in [0.2, 0.25) is 0 Å². The number of epoxide rings is 1. The van der Waals surface area contributed by atoms with Crippen LogP contribution in [0.4, 0.5) is 0 Å². The minimum absolute atomic E-state index is 0.131. The molecule has 0 aromatic heterocycles. The van der Waals surface area contributed by atoms with Crippen molar-refractivity contribution < 1.29 is 152 Å². The fraction of sp³-hybridized carbons (Fsp3) is 0.756. The van der Waals surface area contributed by atoms with E-state index in [2.05, 4.69) is 41.4 Å². The van der Waals surface area contributed by atoms with Crippen molar-refractivity contribution in [2.45, 2.75) is 293 Å². The van der Waals surface area contributed by atoms with Gasteiger partial charge in [-0.15, -0.1) is 0 Å². The Kier molecular flexibility index (Phi) is 40.0. The predicted octanol–water partition coefficient (Wildman–Crippen LogP) is 3.10. The summed E-state index contributed by atoms with van der Waals surface area (Å²) < 4.78 is 87.5. The molecule has 31 heteroatoms. The first-order valence-corrected chi connectivity index (χ1v) is 44.3. The van der Waals surface area contributed by atoms with E-state index in [1.165, 1.54) is 29.8 Å². The molecule has 9 heterocycles. The molecule has 0 unspecified atom stereocenters. The second-order valence-corrected chi connectivity index (χ2v) is 34.9. The maximum Gasteiger partial charge on any atom is 0.169 e. The molecule has 12 N–H and O–H groups in total. The number of ketones is 2. The van der Waals surface area contributed by atoms with Gasteiger partial charge in [0, 0.05) is 128 Å². The number of carboxylic acid groups (broad SMARTS) is 2. The van der Waals surface area contributed by atoms with E-state index in [1.54, 1.807) is 36.4 Å². The molecule has 0 bridgehead atoms. The van der Waals surface area contributed by atoms with Crippen LogP contribution >= 0.6 is 0 Å². The third kappa shape index (κ3) is 34.2. The first-order chi connectivity index (χ1) is 58.3. The molecule has 31 nitrogen and oxygen atoms in total. The summed E-state index contributed by atoms with van der Waals surface area (Å²) in [6, 6.07) is 27.9. The molecule has 0 radical (unpaired) electrons. The third-order valence-electron chi connectivity index (χ3n) is 25.2. The smallest absolute Gasteiger partial charge is 0.169 e. The molecule has 6 saturated carbocycles. The third-order valence-corrected chi connectivity index (χ3v) is 25.2. The molecule has 4 spiro atoms. The van der Waals surface area contributed by atoms with Crippen molar-refractivity contribution in [3.8, 4) is 0 Å². The highest BCUT2D eigenvalue weighted by Crippen LogP contribution is 2.48. The highest BCUT2D eigenvalue weighted by atomic mass is 16.8. The number of ether oxygens (including phenoxy) is 16. The number of hydrogen-bond donors (Lipinski definition) is 9. The Labute approximate surface area is 711 Å². The van der Waals surface area contributed by atoms with Crippen molar-refractivity contribution >= 4 is 23.5 Å². The Hall–Kier alpha value is -5.06. The molecule has 682 valence electrons. The van der Waals surface area contributed by atoms with Gasteiger partial charge >= 0.3 is 0 Å². The predicted molar refractivity (Wildman–Crippen MR) is 431 cm³/mol. The largest absolute Gasteiger partial charge is 0.547 e. The van der Waals surface area contributed by atoms with Gasteiger partial charge in [0.05, 0.1) is 188 Å². The van der Waals surface area contributed by atoms with Crippen molar-refractivity contribution in [3.63, 3.8) is 0 Å². The van der Waals surface area contributed by atoms with Crippen LogP contribution in [-0.2, 0) is 102 Å². The molecule has 9 saturated heterocycles. The summed E-state index contributed by atoms with van der Waals surface area (Å²) in [5.74, 6) is -3.35. The topological polar surface area (TPSA) is 451 Å². The average Bonchev–Trinajstić information content (AvgIpc) is 1.62. The van der Waals surface area contributed by atoms with Gasteiger partial charge in [-0.3, -0.25) is 9.59 Å². The minimum atomic E-state index is -1.52. The second kappa shape index (κ2) is 49.3. The van der Waals surface area contributed by atoms with Crippen LogP contribution in [0.15, 0.2) is 91.0 Å². The molecule has 121 heavy (non-hydrogen) atoms. The van der Waals surface area contributed by atoms with E-state index >= 15 is 0 Å².